The number of hydrogen-bond acceptors (Lipinski definition) is 4. The number of phenols is 1. The summed E-state index contributed by atoms with van der Waals surface area (Å²) in [7, 11) is -3.64. The van der Waals surface area contributed by atoms with E-state index >= 15 is 0 Å². The van der Waals surface area contributed by atoms with Crippen molar-refractivity contribution in [3.8, 4) is 5.75 Å². The molecule has 2 aromatic carbocycles. The van der Waals surface area contributed by atoms with E-state index in [9.17, 15) is 22.7 Å². The van der Waals surface area contributed by atoms with E-state index in [2.05, 4.69) is 5.32 Å². The molecule has 6 nitrogen and oxygen atoms in total. The van der Waals surface area contributed by atoms with Crippen LogP contribution in [0.4, 0.5) is 10.1 Å². The third-order valence-electron chi connectivity index (χ3n) is 4.50. The van der Waals surface area contributed by atoms with Crippen molar-refractivity contribution in [2.24, 2.45) is 0 Å². The zero-order valence-electron chi connectivity index (χ0n) is 14.7. The Morgan fingerprint density at radius 2 is 1.78 bits per heavy atom. The second-order valence-electron chi connectivity index (χ2n) is 6.46. The molecule has 1 saturated heterocycles. The lowest BCUT2D eigenvalue weighted by Crippen LogP contribution is -2.28. The van der Waals surface area contributed by atoms with Gasteiger partial charge in [0.1, 0.15) is 11.6 Å². The predicted molar refractivity (Wildman–Crippen MR) is 99.5 cm³/mol. The van der Waals surface area contributed by atoms with Crippen molar-refractivity contribution in [2.45, 2.75) is 30.6 Å². The number of carbonyl (C=O) groups is 1. The average Bonchev–Trinajstić information content (AvgIpc) is 3.18. The van der Waals surface area contributed by atoms with Crippen LogP contribution in [0.15, 0.2) is 47.4 Å². The molecule has 2 aromatic rings. The van der Waals surface area contributed by atoms with Crippen LogP contribution in [0.2, 0.25) is 0 Å². The first kappa shape index (κ1) is 19.3. The summed E-state index contributed by atoms with van der Waals surface area (Å²) < 4.78 is 39.6. The Hall–Kier alpha value is -2.45. The molecule has 2 N–H and O–H groups in total. The Labute approximate surface area is 157 Å². The molecule has 1 amide bonds. The first-order valence-electron chi connectivity index (χ1n) is 8.74. The number of amides is 1. The van der Waals surface area contributed by atoms with Gasteiger partial charge < -0.3 is 10.4 Å². The molecule has 0 atom stereocenters. The maximum Gasteiger partial charge on any atom is 0.243 e. The molecule has 8 heteroatoms. The van der Waals surface area contributed by atoms with Gasteiger partial charge in [-0.2, -0.15) is 4.31 Å². The third kappa shape index (κ3) is 4.64. The number of carbonyl (C=O) groups excluding carboxylic acids is 1. The van der Waals surface area contributed by atoms with Crippen LogP contribution in [0.25, 0.3) is 0 Å². The van der Waals surface area contributed by atoms with Crippen LogP contribution in [-0.2, 0) is 21.2 Å². The number of aryl methyl sites for hydroxylation is 1. The molecule has 0 unspecified atom stereocenters. The van der Waals surface area contributed by atoms with E-state index < -0.39 is 10.0 Å². The summed E-state index contributed by atoms with van der Waals surface area (Å²) >= 11 is 0. The number of benzene rings is 2. The number of hydrogen-bond donors (Lipinski definition) is 2. The van der Waals surface area contributed by atoms with Crippen molar-refractivity contribution in [1.82, 2.24) is 4.31 Å². The predicted octanol–water partition coefficient (Wildman–Crippen LogP) is 2.89. The van der Waals surface area contributed by atoms with E-state index in [1.807, 2.05) is 0 Å². The van der Waals surface area contributed by atoms with Crippen molar-refractivity contribution in [3.05, 3.63) is 53.8 Å². The number of aromatic hydroxyl groups is 1. The van der Waals surface area contributed by atoms with Crippen LogP contribution in [0.1, 0.15) is 24.8 Å². The molecule has 0 saturated carbocycles. The minimum absolute atomic E-state index is 0.0380. The fourth-order valence-corrected chi connectivity index (χ4v) is 4.52. The van der Waals surface area contributed by atoms with E-state index in [0.717, 1.165) is 18.4 Å². The van der Waals surface area contributed by atoms with E-state index in [4.69, 9.17) is 0 Å². The summed E-state index contributed by atoms with van der Waals surface area (Å²) in [5.74, 6) is -0.917. The molecule has 0 spiro atoms. The van der Waals surface area contributed by atoms with E-state index in [-0.39, 0.29) is 34.5 Å². The highest BCUT2D eigenvalue weighted by Gasteiger charge is 2.27. The van der Waals surface area contributed by atoms with Gasteiger partial charge in [-0.15, -0.1) is 0 Å². The van der Waals surface area contributed by atoms with Crippen molar-refractivity contribution in [3.63, 3.8) is 0 Å². The van der Waals surface area contributed by atoms with E-state index in [1.165, 1.54) is 34.6 Å². The van der Waals surface area contributed by atoms with Crippen LogP contribution in [0, 0.1) is 5.82 Å². The molecule has 3 rings (SSSR count). The molecular formula is C19H21FN2O4S. The third-order valence-corrected chi connectivity index (χ3v) is 6.39. The number of rotatable bonds is 6. The quantitative estimate of drug-likeness (QED) is 0.740. The van der Waals surface area contributed by atoms with Crippen molar-refractivity contribution in [2.75, 3.05) is 18.4 Å². The summed E-state index contributed by atoms with van der Waals surface area (Å²) in [5.41, 5.74) is 0.862. The molecule has 0 aromatic heterocycles. The summed E-state index contributed by atoms with van der Waals surface area (Å²) in [4.78, 5) is 12.2. The Bertz CT molecular complexity index is 923. The van der Waals surface area contributed by atoms with Gasteiger partial charge in [0.05, 0.1) is 10.6 Å². The second kappa shape index (κ2) is 8.06. The zero-order valence-corrected chi connectivity index (χ0v) is 15.5. The smallest absolute Gasteiger partial charge is 0.243 e. The molecule has 0 bridgehead atoms. The SMILES string of the molecule is O=C(CCc1ccc(F)cc1)Nc1cc(S(=O)(=O)N2CCCC2)ccc1O. The van der Waals surface area contributed by atoms with Crippen molar-refractivity contribution in [1.29, 1.82) is 0 Å². The molecule has 27 heavy (non-hydrogen) atoms. The largest absolute Gasteiger partial charge is 0.506 e. The number of halogens is 1. The standard InChI is InChI=1S/C19H21FN2O4S/c20-15-6-3-14(4-7-15)5-10-19(24)21-17-13-16(8-9-18(17)23)27(25,26)22-11-1-2-12-22/h3-4,6-9,13,23H,1-2,5,10-12H2,(H,21,24). The molecule has 1 fully saturated rings. The summed E-state index contributed by atoms with van der Waals surface area (Å²) in [6.07, 6.45) is 2.17. The molecule has 1 aliphatic rings. The second-order valence-corrected chi connectivity index (χ2v) is 8.40. The molecule has 0 aliphatic carbocycles. The minimum Gasteiger partial charge on any atom is -0.506 e. The van der Waals surface area contributed by atoms with Gasteiger partial charge in [0.25, 0.3) is 0 Å². The molecular weight excluding hydrogens is 371 g/mol. The molecule has 144 valence electrons. The highest BCUT2D eigenvalue weighted by Crippen LogP contribution is 2.29. The Balaban J connectivity index is 1.68. The highest BCUT2D eigenvalue weighted by atomic mass is 32.2. The van der Waals surface area contributed by atoms with Crippen LogP contribution in [-0.4, -0.2) is 36.8 Å². The van der Waals surface area contributed by atoms with E-state index in [0.29, 0.717) is 19.5 Å². The van der Waals surface area contributed by atoms with Crippen LogP contribution in [0.3, 0.4) is 0 Å². The number of phenolic OH excluding ortho intramolecular Hbond substituents is 1. The number of nitrogens with zero attached hydrogens (tertiary/aromatic N) is 1. The Kier molecular flexibility index (Phi) is 5.76. The first-order chi connectivity index (χ1) is 12.9. The van der Waals surface area contributed by atoms with Crippen LogP contribution in [0.5, 0.6) is 5.75 Å². The minimum atomic E-state index is -3.64. The Morgan fingerprint density at radius 3 is 2.44 bits per heavy atom. The highest BCUT2D eigenvalue weighted by molar-refractivity contribution is 7.89. The monoisotopic (exact) mass is 392 g/mol. The lowest BCUT2D eigenvalue weighted by atomic mass is 10.1. The van der Waals surface area contributed by atoms with Gasteiger partial charge in [-0.25, -0.2) is 12.8 Å². The van der Waals surface area contributed by atoms with Gasteiger partial charge in [0.2, 0.25) is 15.9 Å². The lowest BCUT2D eigenvalue weighted by Gasteiger charge is -2.16. The number of nitrogens with one attached hydrogen (secondary N) is 1. The number of anilines is 1. The average molecular weight is 392 g/mol. The summed E-state index contributed by atoms with van der Waals surface area (Å²) in [6.45, 7) is 0.950. The van der Waals surface area contributed by atoms with Gasteiger partial charge in [-0.1, -0.05) is 12.1 Å². The van der Waals surface area contributed by atoms with E-state index in [1.54, 1.807) is 12.1 Å². The van der Waals surface area contributed by atoms with Crippen LogP contribution >= 0.6 is 0 Å². The van der Waals surface area contributed by atoms with Gasteiger partial charge in [0.15, 0.2) is 0 Å². The fourth-order valence-electron chi connectivity index (χ4n) is 2.97. The van der Waals surface area contributed by atoms with Gasteiger partial charge >= 0.3 is 0 Å². The maximum atomic E-state index is 12.9. The van der Waals surface area contributed by atoms with Crippen LogP contribution < -0.4 is 5.32 Å². The van der Waals surface area contributed by atoms with Crippen molar-refractivity contribution < 1.29 is 22.7 Å². The molecule has 0 radical (unpaired) electrons. The molecule has 1 aliphatic heterocycles. The van der Waals surface area contributed by atoms with Gasteiger partial charge in [-0.3, -0.25) is 4.79 Å². The van der Waals surface area contributed by atoms with Crippen molar-refractivity contribution >= 4 is 21.6 Å². The fraction of sp³-hybridized carbons (Fsp3) is 0.316. The maximum absolute atomic E-state index is 12.9. The zero-order chi connectivity index (χ0) is 19.4. The summed E-state index contributed by atoms with van der Waals surface area (Å²) in [5, 5.41) is 12.5. The summed E-state index contributed by atoms with van der Waals surface area (Å²) in [6, 6.07) is 9.72. The van der Waals surface area contributed by atoms with Gasteiger partial charge in [-0.05, 0) is 55.2 Å². The lowest BCUT2D eigenvalue weighted by molar-refractivity contribution is -0.116. The topological polar surface area (TPSA) is 86.7 Å². The molecule has 1 heterocycles. The number of sulfonamides is 1. The first-order valence-corrected chi connectivity index (χ1v) is 10.2. The van der Waals surface area contributed by atoms with Gasteiger partial charge in [0, 0.05) is 19.5 Å². The normalized spacial score (nSPS) is 15.0. The Morgan fingerprint density at radius 1 is 1.11 bits per heavy atom.